The molecule has 17 heavy (non-hydrogen) atoms. The highest BCUT2D eigenvalue weighted by Crippen LogP contribution is 2.32. The van der Waals surface area contributed by atoms with E-state index in [9.17, 15) is 4.79 Å². The van der Waals surface area contributed by atoms with Gasteiger partial charge < -0.3 is 0 Å². The number of amides is 1. The highest BCUT2D eigenvalue weighted by molar-refractivity contribution is 5.80. The van der Waals surface area contributed by atoms with Crippen molar-refractivity contribution in [2.45, 2.75) is 52.9 Å². The Morgan fingerprint density at radius 3 is 2.71 bits per heavy atom. The van der Waals surface area contributed by atoms with Gasteiger partial charge in [-0.1, -0.05) is 32.4 Å². The SMILES string of the molecule is CC[C@H](C(=O)NO)C1=CC[C@@H](CC(C)C)CC1. The smallest absolute Gasteiger partial charge is 0.250 e. The van der Waals surface area contributed by atoms with Gasteiger partial charge in [-0.3, -0.25) is 10.0 Å². The van der Waals surface area contributed by atoms with Crippen LogP contribution in [0.5, 0.6) is 0 Å². The lowest BCUT2D eigenvalue weighted by Crippen LogP contribution is -2.29. The van der Waals surface area contributed by atoms with E-state index in [2.05, 4.69) is 19.9 Å². The highest BCUT2D eigenvalue weighted by Gasteiger charge is 2.24. The molecule has 0 aromatic carbocycles. The lowest BCUT2D eigenvalue weighted by atomic mass is 9.80. The monoisotopic (exact) mass is 239 g/mol. The van der Waals surface area contributed by atoms with Crippen LogP contribution in [0.15, 0.2) is 11.6 Å². The second-order valence-corrected chi connectivity index (χ2v) is 5.49. The van der Waals surface area contributed by atoms with E-state index >= 15 is 0 Å². The molecule has 3 heteroatoms. The molecule has 0 spiro atoms. The minimum atomic E-state index is -0.263. The van der Waals surface area contributed by atoms with Crippen LogP contribution >= 0.6 is 0 Å². The first-order chi connectivity index (χ1) is 8.08. The molecular formula is C14H25NO2. The van der Waals surface area contributed by atoms with Crippen LogP contribution in [0, 0.1) is 17.8 Å². The number of carbonyl (C=O) groups excluding carboxylic acids is 1. The van der Waals surface area contributed by atoms with E-state index in [4.69, 9.17) is 5.21 Å². The Balaban J connectivity index is 2.57. The number of rotatable bonds is 5. The first-order valence-electron chi connectivity index (χ1n) is 6.71. The molecule has 1 aliphatic rings. The Hall–Kier alpha value is -0.830. The average molecular weight is 239 g/mol. The maximum atomic E-state index is 11.5. The lowest BCUT2D eigenvalue weighted by molar-refractivity contribution is -0.132. The van der Waals surface area contributed by atoms with E-state index in [-0.39, 0.29) is 11.8 Å². The first-order valence-corrected chi connectivity index (χ1v) is 6.71. The minimum absolute atomic E-state index is 0.139. The maximum absolute atomic E-state index is 11.5. The third kappa shape index (κ3) is 4.15. The van der Waals surface area contributed by atoms with Gasteiger partial charge in [-0.25, -0.2) is 5.48 Å². The van der Waals surface area contributed by atoms with Gasteiger partial charge in [-0.05, 0) is 43.9 Å². The summed E-state index contributed by atoms with van der Waals surface area (Å²) < 4.78 is 0. The molecule has 0 aromatic rings. The quantitative estimate of drug-likeness (QED) is 0.439. The maximum Gasteiger partial charge on any atom is 0.250 e. The molecule has 0 aliphatic heterocycles. The first kappa shape index (κ1) is 14.2. The Bertz CT molecular complexity index is 284. The highest BCUT2D eigenvalue weighted by atomic mass is 16.5. The normalized spacial score (nSPS) is 22.2. The fourth-order valence-corrected chi connectivity index (χ4v) is 2.80. The summed E-state index contributed by atoms with van der Waals surface area (Å²) in [6.07, 6.45) is 7.52. The van der Waals surface area contributed by atoms with Gasteiger partial charge in [0.1, 0.15) is 0 Å². The number of allylic oxidation sites excluding steroid dienone is 1. The van der Waals surface area contributed by atoms with Crippen molar-refractivity contribution in [3.63, 3.8) is 0 Å². The number of hydrogen-bond donors (Lipinski definition) is 2. The fourth-order valence-electron chi connectivity index (χ4n) is 2.80. The molecule has 0 bridgehead atoms. The number of carbonyl (C=O) groups is 1. The zero-order valence-electron chi connectivity index (χ0n) is 11.2. The Kier molecular flexibility index (Phi) is 5.69. The number of hydroxylamine groups is 1. The summed E-state index contributed by atoms with van der Waals surface area (Å²) in [4.78, 5) is 11.5. The largest absolute Gasteiger partial charge is 0.289 e. The fraction of sp³-hybridized carbons (Fsp3) is 0.786. The zero-order valence-corrected chi connectivity index (χ0v) is 11.2. The molecular weight excluding hydrogens is 214 g/mol. The van der Waals surface area contributed by atoms with Gasteiger partial charge in [0.05, 0.1) is 5.92 Å². The van der Waals surface area contributed by atoms with Crippen molar-refractivity contribution in [3.05, 3.63) is 11.6 Å². The van der Waals surface area contributed by atoms with Crippen molar-refractivity contribution in [1.29, 1.82) is 0 Å². The molecule has 2 N–H and O–H groups in total. The molecule has 98 valence electrons. The summed E-state index contributed by atoms with van der Waals surface area (Å²) in [6, 6.07) is 0. The van der Waals surface area contributed by atoms with Crippen molar-refractivity contribution in [2.75, 3.05) is 0 Å². The van der Waals surface area contributed by atoms with Crippen LogP contribution in [-0.4, -0.2) is 11.1 Å². The zero-order chi connectivity index (χ0) is 12.8. The van der Waals surface area contributed by atoms with Gasteiger partial charge in [0.2, 0.25) is 0 Å². The van der Waals surface area contributed by atoms with E-state index in [1.807, 2.05) is 6.92 Å². The van der Waals surface area contributed by atoms with Gasteiger partial charge in [0.15, 0.2) is 0 Å². The molecule has 0 unspecified atom stereocenters. The van der Waals surface area contributed by atoms with Gasteiger partial charge in [0, 0.05) is 0 Å². The van der Waals surface area contributed by atoms with E-state index in [0.717, 1.165) is 31.1 Å². The predicted molar refractivity (Wildman–Crippen MR) is 68.6 cm³/mol. The lowest BCUT2D eigenvalue weighted by Gasteiger charge is -2.26. The van der Waals surface area contributed by atoms with Crippen molar-refractivity contribution in [2.24, 2.45) is 17.8 Å². The van der Waals surface area contributed by atoms with E-state index in [1.54, 1.807) is 5.48 Å². The van der Waals surface area contributed by atoms with Crippen molar-refractivity contribution >= 4 is 5.91 Å². The Labute approximate surface area is 104 Å². The Morgan fingerprint density at radius 2 is 2.29 bits per heavy atom. The topological polar surface area (TPSA) is 49.3 Å². The number of hydrogen-bond acceptors (Lipinski definition) is 2. The Morgan fingerprint density at radius 1 is 1.59 bits per heavy atom. The average Bonchev–Trinajstić information content (AvgIpc) is 2.31. The minimum Gasteiger partial charge on any atom is -0.289 e. The molecule has 1 aliphatic carbocycles. The molecule has 0 radical (unpaired) electrons. The van der Waals surface area contributed by atoms with Gasteiger partial charge in [0.25, 0.3) is 5.91 Å². The molecule has 3 nitrogen and oxygen atoms in total. The predicted octanol–water partition coefficient (Wildman–Crippen LogP) is 3.29. The standard InChI is InChI=1S/C14H25NO2/c1-4-13(14(16)15-17)12-7-5-11(6-8-12)9-10(2)3/h7,10-11,13,17H,4-6,8-9H2,1-3H3,(H,15,16)/t11-,13+/m1/s1. The van der Waals surface area contributed by atoms with E-state index in [0.29, 0.717) is 0 Å². The molecule has 2 atom stereocenters. The summed E-state index contributed by atoms with van der Waals surface area (Å²) in [5.41, 5.74) is 2.98. The molecule has 0 aromatic heterocycles. The van der Waals surface area contributed by atoms with Crippen LogP contribution in [0.3, 0.4) is 0 Å². The van der Waals surface area contributed by atoms with Crippen LogP contribution in [0.4, 0.5) is 0 Å². The third-order valence-electron chi connectivity index (χ3n) is 3.64. The van der Waals surface area contributed by atoms with Crippen LogP contribution in [-0.2, 0) is 4.79 Å². The second-order valence-electron chi connectivity index (χ2n) is 5.49. The molecule has 0 saturated heterocycles. The van der Waals surface area contributed by atoms with Crippen LogP contribution < -0.4 is 5.48 Å². The van der Waals surface area contributed by atoms with Crippen molar-refractivity contribution in [3.8, 4) is 0 Å². The number of nitrogens with one attached hydrogen (secondary N) is 1. The van der Waals surface area contributed by atoms with Crippen LogP contribution in [0.2, 0.25) is 0 Å². The summed E-state index contributed by atoms with van der Waals surface area (Å²) in [7, 11) is 0. The second kappa shape index (κ2) is 6.80. The van der Waals surface area contributed by atoms with E-state index in [1.165, 1.54) is 18.4 Å². The van der Waals surface area contributed by atoms with E-state index < -0.39 is 0 Å². The molecule has 0 heterocycles. The van der Waals surface area contributed by atoms with Gasteiger partial charge in [-0.2, -0.15) is 0 Å². The van der Waals surface area contributed by atoms with Crippen LogP contribution in [0.25, 0.3) is 0 Å². The van der Waals surface area contributed by atoms with Gasteiger partial charge >= 0.3 is 0 Å². The summed E-state index contributed by atoms with van der Waals surface area (Å²) in [6.45, 7) is 6.50. The summed E-state index contributed by atoms with van der Waals surface area (Å²) in [5, 5.41) is 8.71. The molecule has 1 amide bonds. The van der Waals surface area contributed by atoms with Crippen molar-refractivity contribution < 1.29 is 10.0 Å². The molecule has 1 rings (SSSR count). The van der Waals surface area contributed by atoms with Gasteiger partial charge in [-0.15, -0.1) is 0 Å². The van der Waals surface area contributed by atoms with Crippen molar-refractivity contribution in [1.82, 2.24) is 5.48 Å². The van der Waals surface area contributed by atoms with Crippen LogP contribution in [0.1, 0.15) is 52.9 Å². The molecule has 0 fully saturated rings. The third-order valence-corrected chi connectivity index (χ3v) is 3.64. The summed E-state index contributed by atoms with van der Waals surface area (Å²) >= 11 is 0. The summed E-state index contributed by atoms with van der Waals surface area (Å²) in [5.74, 6) is 1.12. The molecule has 0 saturated carbocycles.